The zero-order chi connectivity index (χ0) is 33.1. The van der Waals surface area contributed by atoms with Crippen molar-refractivity contribution in [2.75, 3.05) is 19.8 Å². The van der Waals surface area contributed by atoms with E-state index in [1.54, 1.807) is 0 Å². The molecule has 0 aliphatic carbocycles. The summed E-state index contributed by atoms with van der Waals surface area (Å²) in [6, 6.07) is 0. The Morgan fingerprint density at radius 3 is 1.02 bits per heavy atom. The van der Waals surface area contributed by atoms with E-state index >= 15 is 0 Å². The molecule has 3 nitrogen and oxygen atoms in total. The van der Waals surface area contributed by atoms with Crippen LogP contribution in [-0.2, 0) is 14.2 Å². The molecule has 252 valence electrons. The quantitative estimate of drug-likeness (QED) is 0.287. The Bertz CT molecular complexity index is 292. The summed E-state index contributed by atoms with van der Waals surface area (Å²) in [5.41, 5.74) is 0. The van der Waals surface area contributed by atoms with Gasteiger partial charge in [0.15, 0.2) is 6.29 Å². The molecule has 0 aromatic heterocycles. The minimum Gasteiger partial charge on any atom is -0.378 e. The molecule has 2 heterocycles. The highest BCUT2D eigenvalue weighted by Gasteiger charge is 2.24. The van der Waals surface area contributed by atoms with E-state index in [-0.39, 0.29) is 6.29 Å². The van der Waals surface area contributed by atoms with Crippen molar-refractivity contribution in [1.29, 1.82) is 0 Å². The van der Waals surface area contributed by atoms with E-state index in [4.69, 9.17) is 14.2 Å². The summed E-state index contributed by atoms with van der Waals surface area (Å²) < 4.78 is 17.3. The van der Waals surface area contributed by atoms with Crippen LogP contribution in [0.4, 0.5) is 0 Å². The minimum absolute atomic E-state index is 0.0541. The van der Waals surface area contributed by atoms with Crippen LogP contribution in [0, 0.1) is 35.5 Å². The Kier molecular flexibility index (Phi) is 56.9. The third-order valence-corrected chi connectivity index (χ3v) is 5.51. The average Bonchev–Trinajstić information content (AvgIpc) is 2.97. The molecule has 0 aromatic rings. The molecule has 2 unspecified atom stereocenters. The Balaban J connectivity index is -0.000000105. The summed E-state index contributed by atoms with van der Waals surface area (Å²) in [4.78, 5) is 0. The molecule has 2 saturated heterocycles. The third kappa shape index (κ3) is 40.0. The molecule has 2 aliphatic rings. The standard InChI is InChI=1S/C13H26O.C12H24O2.6C2H6/c1-10(2)7-12-5-6-13(14-9-12)8-11(3)4;1-9(2)5-11-7-13-12(14-8-11)6-10(3)4;6*1-2/h10-13H,5-9H2,1-4H3;9-12H,5-8H2,1-4H3;6*1-2H3. The van der Waals surface area contributed by atoms with Crippen LogP contribution in [0.3, 0.4) is 0 Å². The second-order valence-corrected chi connectivity index (χ2v) is 10.9. The Morgan fingerprint density at radius 1 is 0.400 bits per heavy atom. The highest BCUT2D eigenvalue weighted by molar-refractivity contribution is 4.72. The molecule has 2 atom stereocenters. The normalized spacial score (nSPS) is 21.0. The maximum atomic E-state index is 5.90. The second-order valence-electron chi connectivity index (χ2n) is 10.9. The number of ether oxygens (including phenoxy) is 3. The molecule has 2 aliphatic heterocycles. The van der Waals surface area contributed by atoms with E-state index in [9.17, 15) is 0 Å². The van der Waals surface area contributed by atoms with Gasteiger partial charge in [0.1, 0.15) is 0 Å². The number of hydrogen-bond donors (Lipinski definition) is 0. The van der Waals surface area contributed by atoms with Crippen LogP contribution in [0.25, 0.3) is 0 Å². The molecule has 0 N–H and O–H groups in total. The maximum absolute atomic E-state index is 5.90. The monoisotopic (exact) mass is 579 g/mol. The van der Waals surface area contributed by atoms with Crippen molar-refractivity contribution in [3.05, 3.63) is 0 Å². The van der Waals surface area contributed by atoms with E-state index in [1.807, 2.05) is 83.1 Å². The number of hydrogen-bond acceptors (Lipinski definition) is 3. The zero-order valence-corrected chi connectivity index (χ0v) is 32.2. The van der Waals surface area contributed by atoms with Gasteiger partial charge in [-0.3, -0.25) is 0 Å². The van der Waals surface area contributed by atoms with Crippen molar-refractivity contribution in [1.82, 2.24) is 0 Å². The molecule has 2 rings (SSSR count). The van der Waals surface area contributed by atoms with Gasteiger partial charge in [0.2, 0.25) is 0 Å². The van der Waals surface area contributed by atoms with E-state index in [0.29, 0.717) is 17.9 Å². The van der Waals surface area contributed by atoms with Crippen molar-refractivity contribution >= 4 is 0 Å². The number of rotatable bonds is 8. The van der Waals surface area contributed by atoms with Crippen molar-refractivity contribution < 1.29 is 14.2 Å². The Morgan fingerprint density at radius 2 is 0.725 bits per heavy atom. The van der Waals surface area contributed by atoms with Gasteiger partial charge in [-0.25, -0.2) is 0 Å². The third-order valence-electron chi connectivity index (χ3n) is 5.51. The summed E-state index contributed by atoms with van der Waals surface area (Å²) >= 11 is 0. The lowest BCUT2D eigenvalue weighted by molar-refractivity contribution is -0.208. The van der Waals surface area contributed by atoms with Crippen molar-refractivity contribution in [2.24, 2.45) is 35.5 Å². The van der Waals surface area contributed by atoms with Gasteiger partial charge in [-0.05, 0) is 61.7 Å². The van der Waals surface area contributed by atoms with Gasteiger partial charge >= 0.3 is 0 Å². The summed E-state index contributed by atoms with van der Waals surface area (Å²) in [6.07, 6.45) is 8.10. The molecule has 2 fully saturated rings. The highest BCUT2D eigenvalue weighted by Crippen LogP contribution is 2.27. The molecular weight excluding hydrogens is 492 g/mol. The van der Waals surface area contributed by atoms with Gasteiger partial charge in [-0.1, -0.05) is 138 Å². The van der Waals surface area contributed by atoms with Crippen LogP contribution in [0.1, 0.15) is 177 Å². The first-order valence-electron chi connectivity index (χ1n) is 18.0. The fourth-order valence-corrected chi connectivity index (χ4v) is 4.33. The van der Waals surface area contributed by atoms with Crippen LogP contribution in [0.15, 0.2) is 0 Å². The molecule has 0 bridgehead atoms. The van der Waals surface area contributed by atoms with E-state index in [2.05, 4.69) is 55.4 Å². The van der Waals surface area contributed by atoms with Gasteiger partial charge in [-0.2, -0.15) is 0 Å². The van der Waals surface area contributed by atoms with Crippen molar-refractivity contribution in [2.45, 2.75) is 189 Å². The molecule has 0 aromatic carbocycles. The van der Waals surface area contributed by atoms with Gasteiger partial charge in [0, 0.05) is 18.9 Å². The van der Waals surface area contributed by atoms with Crippen LogP contribution in [0.5, 0.6) is 0 Å². The van der Waals surface area contributed by atoms with E-state index in [0.717, 1.165) is 49.9 Å². The fourth-order valence-electron chi connectivity index (χ4n) is 4.33. The first-order valence-corrected chi connectivity index (χ1v) is 18.0. The average molecular weight is 579 g/mol. The summed E-state index contributed by atoms with van der Waals surface area (Å²) in [5.74, 6) is 4.44. The summed E-state index contributed by atoms with van der Waals surface area (Å²) in [6.45, 7) is 44.9. The second kappa shape index (κ2) is 43.3. The lowest BCUT2D eigenvalue weighted by Gasteiger charge is -2.31. The fraction of sp³-hybridized carbons (Fsp3) is 1.00. The van der Waals surface area contributed by atoms with Crippen LogP contribution in [-0.4, -0.2) is 32.2 Å². The zero-order valence-electron chi connectivity index (χ0n) is 32.2. The molecular formula is C37H86O3. The summed E-state index contributed by atoms with van der Waals surface area (Å²) in [5, 5.41) is 0. The highest BCUT2D eigenvalue weighted by atomic mass is 16.7. The van der Waals surface area contributed by atoms with Crippen molar-refractivity contribution in [3.8, 4) is 0 Å². The Labute approximate surface area is 258 Å². The maximum Gasteiger partial charge on any atom is 0.157 e. The van der Waals surface area contributed by atoms with Crippen molar-refractivity contribution in [3.63, 3.8) is 0 Å². The largest absolute Gasteiger partial charge is 0.378 e. The van der Waals surface area contributed by atoms with Crippen LogP contribution >= 0.6 is 0 Å². The van der Waals surface area contributed by atoms with Gasteiger partial charge in [0.25, 0.3) is 0 Å². The first-order chi connectivity index (χ1) is 19.2. The molecule has 0 amide bonds. The predicted octanol–water partition coefficient (Wildman–Crippen LogP) is 13.1. The predicted molar refractivity (Wildman–Crippen MR) is 188 cm³/mol. The van der Waals surface area contributed by atoms with Crippen LogP contribution in [0.2, 0.25) is 0 Å². The lowest BCUT2D eigenvalue weighted by Crippen LogP contribution is -2.33. The molecule has 0 saturated carbocycles. The van der Waals surface area contributed by atoms with Gasteiger partial charge in [0.05, 0.1) is 19.3 Å². The molecule has 0 spiro atoms. The lowest BCUT2D eigenvalue weighted by atomic mass is 9.88. The smallest absolute Gasteiger partial charge is 0.157 e. The minimum atomic E-state index is 0.0541. The van der Waals surface area contributed by atoms with Gasteiger partial charge < -0.3 is 14.2 Å². The topological polar surface area (TPSA) is 27.7 Å². The Hall–Kier alpha value is -0.120. The molecule has 3 heteroatoms. The van der Waals surface area contributed by atoms with E-state index < -0.39 is 0 Å². The molecule has 40 heavy (non-hydrogen) atoms. The molecule has 0 radical (unpaired) electrons. The first kappa shape index (κ1) is 52.5. The van der Waals surface area contributed by atoms with Crippen LogP contribution < -0.4 is 0 Å². The SMILES string of the molecule is CC.CC.CC.CC.CC.CC.CC(C)CC1CCC(CC(C)C)OC1.CC(C)CC1COC(CC(C)C)OC1. The van der Waals surface area contributed by atoms with E-state index in [1.165, 1.54) is 32.1 Å². The summed E-state index contributed by atoms with van der Waals surface area (Å²) in [7, 11) is 0. The van der Waals surface area contributed by atoms with Gasteiger partial charge in [-0.15, -0.1) is 0 Å².